The molecule has 0 aliphatic heterocycles. The quantitative estimate of drug-likeness (QED) is 0.554. The molecule has 0 atom stereocenters. The fourth-order valence-electron chi connectivity index (χ4n) is 1.79. The maximum absolute atomic E-state index is 12.0. The Hall–Kier alpha value is -2.50. The van der Waals surface area contributed by atoms with Crippen molar-refractivity contribution in [2.75, 3.05) is 5.32 Å². The number of benzene rings is 2. The molecule has 0 aliphatic carbocycles. The summed E-state index contributed by atoms with van der Waals surface area (Å²) in [5, 5.41) is 21.8. The summed E-state index contributed by atoms with van der Waals surface area (Å²) in [4.78, 5) is 22.8. The second kappa shape index (κ2) is 7.17. The lowest BCUT2D eigenvalue weighted by Gasteiger charge is -2.04. The average molecular weight is 352 g/mol. The van der Waals surface area contributed by atoms with Crippen molar-refractivity contribution in [1.82, 2.24) is 0 Å². The topological polar surface area (TPSA) is 86.6 Å². The molecular formula is C16H11Cl2NO4. The van der Waals surface area contributed by atoms with Crippen LogP contribution in [-0.2, 0) is 0 Å². The SMILES string of the molecule is O=C(O)c1ccc(N/C=C/C(=O)c2ccc(Cl)cc2Cl)cc1O. The van der Waals surface area contributed by atoms with Gasteiger partial charge >= 0.3 is 5.97 Å². The largest absolute Gasteiger partial charge is 0.507 e. The van der Waals surface area contributed by atoms with Gasteiger partial charge in [-0.1, -0.05) is 23.2 Å². The van der Waals surface area contributed by atoms with E-state index < -0.39 is 5.97 Å². The lowest BCUT2D eigenvalue weighted by atomic mass is 10.1. The number of hydrogen-bond donors (Lipinski definition) is 3. The first-order valence-electron chi connectivity index (χ1n) is 6.37. The first kappa shape index (κ1) is 16.9. The highest BCUT2D eigenvalue weighted by molar-refractivity contribution is 6.37. The number of halogens is 2. The minimum absolute atomic E-state index is 0.205. The van der Waals surface area contributed by atoms with Crippen molar-refractivity contribution < 1.29 is 19.8 Å². The summed E-state index contributed by atoms with van der Waals surface area (Å²) in [6.07, 6.45) is 2.62. The molecule has 2 aromatic rings. The molecule has 0 heterocycles. The summed E-state index contributed by atoms with van der Waals surface area (Å²) >= 11 is 11.7. The monoisotopic (exact) mass is 351 g/mol. The van der Waals surface area contributed by atoms with Crippen LogP contribution in [0, 0.1) is 0 Å². The molecule has 0 radical (unpaired) electrons. The molecule has 2 aromatic carbocycles. The number of anilines is 1. The number of carboxylic acids is 1. The number of carbonyl (C=O) groups is 2. The van der Waals surface area contributed by atoms with Gasteiger partial charge in [-0.05, 0) is 30.3 Å². The van der Waals surface area contributed by atoms with Crippen molar-refractivity contribution in [2.24, 2.45) is 0 Å². The van der Waals surface area contributed by atoms with Crippen LogP contribution in [-0.4, -0.2) is 22.0 Å². The molecule has 0 amide bonds. The van der Waals surface area contributed by atoms with Crippen LogP contribution in [0.25, 0.3) is 0 Å². The third kappa shape index (κ3) is 4.25. The molecule has 0 aromatic heterocycles. The predicted octanol–water partition coefficient (Wildman–Crippen LogP) is 4.21. The smallest absolute Gasteiger partial charge is 0.339 e. The van der Waals surface area contributed by atoms with E-state index >= 15 is 0 Å². The molecule has 23 heavy (non-hydrogen) atoms. The lowest BCUT2D eigenvalue weighted by Crippen LogP contribution is -1.99. The van der Waals surface area contributed by atoms with E-state index in [1.54, 1.807) is 6.07 Å². The van der Waals surface area contributed by atoms with Crippen LogP contribution in [0.3, 0.4) is 0 Å². The molecule has 0 unspecified atom stereocenters. The van der Waals surface area contributed by atoms with Crippen molar-refractivity contribution in [3.63, 3.8) is 0 Å². The number of ketones is 1. The van der Waals surface area contributed by atoms with Gasteiger partial charge in [0.15, 0.2) is 5.78 Å². The zero-order valence-corrected chi connectivity index (χ0v) is 13.1. The van der Waals surface area contributed by atoms with Crippen molar-refractivity contribution in [1.29, 1.82) is 0 Å². The number of rotatable bonds is 5. The van der Waals surface area contributed by atoms with Gasteiger partial charge in [-0.15, -0.1) is 0 Å². The Balaban J connectivity index is 2.08. The van der Waals surface area contributed by atoms with Gasteiger partial charge in [0.05, 0.1) is 5.02 Å². The van der Waals surface area contributed by atoms with Crippen LogP contribution < -0.4 is 5.32 Å². The number of hydrogen-bond acceptors (Lipinski definition) is 4. The summed E-state index contributed by atoms with van der Waals surface area (Å²) in [5.74, 6) is -1.93. The lowest BCUT2D eigenvalue weighted by molar-refractivity contribution is 0.0693. The van der Waals surface area contributed by atoms with Crippen LogP contribution in [0.5, 0.6) is 5.75 Å². The summed E-state index contributed by atoms with van der Waals surface area (Å²) in [7, 11) is 0. The van der Waals surface area contributed by atoms with Crippen molar-refractivity contribution in [3.8, 4) is 5.75 Å². The third-order valence-electron chi connectivity index (χ3n) is 2.91. The van der Waals surface area contributed by atoms with Crippen molar-refractivity contribution in [3.05, 3.63) is 69.8 Å². The van der Waals surface area contributed by atoms with Gasteiger partial charge in [-0.2, -0.15) is 0 Å². The minimum atomic E-state index is -1.22. The van der Waals surface area contributed by atoms with Gasteiger partial charge in [-0.3, -0.25) is 4.79 Å². The van der Waals surface area contributed by atoms with E-state index in [1.165, 1.54) is 42.6 Å². The molecule has 2 rings (SSSR count). The number of nitrogens with one attached hydrogen (secondary N) is 1. The van der Waals surface area contributed by atoms with E-state index in [1.807, 2.05) is 0 Å². The van der Waals surface area contributed by atoms with Crippen LogP contribution in [0.15, 0.2) is 48.7 Å². The van der Waals surface area contributed by atoms with Crippen molar-refractivity contribution >= 4 is 40.6 Å². The normalized spacial score (nSPS) is 10.7. The summed E-state index contributed by atoms with van der Waals surface area (Å²) in [5.41, 5.74) is 0.528. The van der Waals surface area contributed by atoms with Gasteiger partial charge in [0, 0.05) is 34.6 Å². The first-order valence-corrected chi connectivity index (χ1v) is 7.13. The van der Waals surface area contributed by atoms with Crippen molar-refractivity contribution in [2.45, 2.75) is 0 Å². The van der Waals surface area contributed by atoms with E-state index in [9.17, 15) is 14.7 Å². The van der Waals surface area contributed by atoms with Crippen LogP contribution in [0.4, 0.5) is 5.69 Å². The third-order valence-corrected chi connectivity index (χ3v) is 3.46. The molecule has 5 nitrogen and oxygen atoms in total. The number of allylic oxidation sites excluding steroid dienone is 1. The van der Waals surface area contributed by atoms with Gasteiger partial charge in [0.1, 0.15) is 11.3 Å². The highest BCUT2D eigenvalue weighted by Crippen LogP contribution is 2.23. The number of phenols is 1. The maximum atomic E-state index is 12.0. The minimum Gasteiger partial charge on any atom is -0.507 e. The molecule has 0 saturated carbocycles. The highest BCUT2D eigenvalue weighted by Gasteiger charge is 2.10. The average Bonchev–Trinajstić information content (AvgIpc) is 2.46. The van der Waals surface area contributed by atoms with Crippen LogP contribution in [0.2, 0.25) is 10.0 Å². The fourth-order valence-corrected chi connectivity index (χ4v) is 2.30. The van der Waals surface area contributed by atoms with Crippen LogP contribution in [0.1, 0.15) is 20.7 Å². The Morgan fingerprint density at radius 1 is 1.04 bits per heavy atom. The first-order chi connectivity index (χ1) is 10.9. The maximum Gasteiger partial charge on any atom is 0.339 e. The van der Waals surface area contributed by atoms with E-state index in [0.717, 1.165) is 0 Å². The fraction of sp³-hybridized carbons (Fsp3) is 0. The van der Waals surface area contributed by atoms with E-state index in [4.69, 9.17) is 28.3 Å². The van der Waals surface area contributed by atoms with E-state index in [2.05, 4.69) is 5.32 Å². The van der Waals surface area contributed by atoms with E-state index in [0.29, 0.717) is 16.3 Å². The zero-order chi connectivity index (χ0) is 17.0. The van der Waals surface area contributed by atoms with Gasteiger partial charge < -0.3 is 15.5 Å². The second-order valence-electron chi connectivity index (χ2n) is 4.50. The molecule has 118 valence electrons. The molecule has 7 heteroatoms. The molecular weight excluding hydrogens is 341 g/mol. The van der Waals surface area contributed by atoms with Gasteiger partial charge in [-0.25, -0.2) is 4.79 Å². The molecule has 0 fully saturated rings. The van der Waals surface area contributed by atoms with Crippen LogP contribution >= 0.6 is 23.2 Å². The Morgan fingerprint density at radius 3 is 2.35 bits per heavy atom. The van der Waals surface area contributed by atoms with Gasteiger partial charge in [0.25, 0.3) is 0 Å². The summed E-state index contributed by atoms with van der Waals surface area (Å²) in [6.45, 7) is 0. The number of aromatic carboxylic acids is 1. The summed E-state index contributed by atoms with van der Waals surface area (Å²) < 4.78 is 0. The number of aromatic hydroxyl groups is 1. The standard InChI is InChI=1S/C16H11Cl2NO4/c17-9-1-3-11(13(18)7-9)14(20)5-6-19-10-2-4-12(16(22)23)15(21)8-10/h1-8,19,21H,(H,22,23)/b6-5+. The predicted molar refractivity (Wildman–Crippen MR) is 88.6 cm³/mol. The Labute approximate surface area is 141 Å². The Morgan fingerprint density at radius 2 is 1.74 bits per heavy atom. The number of carboxylic acid groups (broad SMARTS) is 1. The molecule has 3 N–H and O–H groups in total. The van der Waals surface area contributed by atoms with Gasteiger partial charge in [0.2, 0.25) is 0 Å². The van der Waals surface area contributed by atoms with E-state index in [-0.39, 0.29) is 22.1 Å². The highest BCUT2D eigenvalue weighted by atomic mass is 35.5. The molecule has 0 bridgehead atoms. The molecule has 0 saturated heterocycles. The number of carbonyl (C=O) groups excluding carboxylic acids is 1. The Kier molecular flexibility index (Phi) is 5.26. The zero-order valence-electron chi connectivity index (χ0n) is 11.6. The molecule has 0 spiro atoms. The second-order valence-corrected chi connectivity index (χ2v) is 5.35. The molecule has 0 aliphatic rings. The Bertz CT molecular complexity index is 803. The summed E-state index contributed by atoms with van der Waals surface area (Å²) in [6, 6.07) is 8.52.